The number of benzene rings is 1. The van der Waals surface area contributed by atoms with Crippen molar-refractivity contribution in [2.24, 2.45) is 11.5 Å². The van der Waals surface area contributed by atoms with Crippen LogP contribution in [0.3, 0.4) is 0 Å². The van der Waals surface area contributed by atoms with Crippen molar-refractivity contribution in [3.05, 3.63) is 29.3 Å². The van der Waals surface area contributed by atoms with Gasteiger partial charge in [0.25, 0.3) is 0 Å². The van der Waals surface area contributed by atoms with E-state index in [9.17, 15) is 4.79 Å². The molecule has 0 aliphatic carbocycles. The lowest BCUT2D eigenvalue weighted by Crippen LogP contribution is -2.08. The predicted octanol–water partition coefficient (Wildman–Crippen LogP) is 0.934. The first-order valence-electron chi connectivity index (χ1n) is 6.58. The van der Waals surface area contributed by atoms with Crippen LogP contribution >= 0.6 is 0 Å². The molecule has 0 bridgehead atoms. The average molecular weight is 275 g/mol. The van der Waals surface area contributed by atoms with Crippen LogP contribution in [-0.2, 0) is 4.74 Å². The van der Waals surface area contributed by atoms with Crippen molar-refractivity contribution in [2.75, 3.05) is 32.1 Å². The van der Waals surface area contributed by atoms with Gasteiger partial charge < -0.3 is 21.5 Å². The molecule has 0 aromatic heterocycles. The fraction of sp³-hybridized carbons (Fsp3) is 0.400. The van der Waals surface area contributed by atoms with Crippen LogP contribution < -0.4 is 16.8 Å². The molecule has 0 amide bonds. The van der Waals surface area contributed by atoms with Gasteiger partial charge in [0.2, 0.25) is 0 Å². The lowest BCUT2D eigenvalue weighted by atomic mass is 10.1. The summed E-state index contributed by atoms with van der Waals surface area (Å²) in [6.07, 6.45) is 1.98. The second kappa shape index (κ2) is 8.97. The molecule has 5 N–H and O–H groups in total. The standard InChI is InChI=1S/C15H21N3O2/c1-20-15(19)14-7-6-13(18-10-3-2-8-16)11-12(14)5-4-9-17/h6-7,11,18H,2-3,8-10,16-17H2,1H3. The molecule has 1 rings (SSSR count). The van der Waals surface area contributed by atoms with Crippen LogP contribution in [0.4, 0.5) is 5.69 Å². The summed E-state index contributed by atoms with van der Waals surface area (Å²) in [4.78, 5) is 11.7. The number of methoxy groups -OCH3 is 1. The van der Waals surface area contributed by atoms with Crippen LogP contribution in [0.25, 0.3) is 0 Å². The minimum Gasteiger partial charge on any atom is -0.465 e. The molecule has 108 valence electrons. The SMILES string of the molecule is COC(=O)c1ccc(NCCCCN)cc1C#CCN. The lowest BCUT2D eigenvalue weighted by molar-refractivity contribution is 0.0600. The highest BCUT2D eigenvalue weighted by Gasteiger charge is 2.10. The van der Waals surface area contributed by atoms with Crippen molar-refractivity contribution >= 4 is 11.7 Å². The summed E-state index contributed by atoms with van der Waals surface area (Å²) in [5, 5.41) is 3.27. The molecule has 0 saturated carbocycles. The second-order valence-corrected chi connectivity index (χ2v) is 4.18. The molecule has 0 spiro atoms. The highest BCUT2D eigenvalue weighted by Crippen LogP contribution is 2.16. The summed E-state index contributed by atoms with van der Waals surface area (Å²) in [6, 6.07) is 5.37. The Balaban J connectivity index is 2.87. The van der Waals surface area contributed by atoms with Gasteiger partial charge in [0, 0.05) is 17.8 Å². The van der Waals surface area contributed by atoms with Crippen molar-refractivity contribution in [3.63, 3.8) is 0 Å². The highest BCUT2D eigenvalue weighted by molar-refractivity contribution is 5.93. The van der Waals surface area contributed by atoms with Gasteiger partial charge in [-0.25, -0.2) is 4.79 Å². The first-order chi connectivity index (χ1) is 9.72. The van der Waals surface area contributed by atoms with Gasteiger partial charge in [0.15, 0.2) is 0 Å². The van der Waals surface area contributed by atoms with E-state index in [1.807, 2.05) is 12.1 Å². The summed E-state index contributed by atoms with van der Waals surface area (Å²) >= 11 is 0. The highest BCUT2D eigenvalue weighted by atomic mass is 16.5. The summed E-state index contributed by atoms with van der Waals surface area (Å²) in [7, 11) is 1.35. The van der Waals surface area contributed by atoms with Crippen LogP contribution in [-0.4, -0.2) is 32.7 Å². The van der Waals surface area contributed by atoms with E-state index in [0.29, 0.717) is 17.7 Å². The number of nitrogens with two attached hydrogens (primary N) is 2. The zero-order valence-corrected chi connectivity index (χ0v) is 11.7. The Hall–Kier alpha value is -2.03. The van der Waals surface area contributed by atoms with E-state index >= 15 is 0 Å². The molecule has 0 atom stereocenters. The van der Waals surface area contributed by atoms with Crippen LogP contribution in [0.5, 0.6) is 0 Å². The maximum atomic E-state index is 11.7. The van der Waals surface area contributed by atoms with Crippen molar-refractivity contribution in [3.8, 4) is 11.8 Å². The topological polar surface area (TPSA) is 90.4 Å². The van der Waals surface area contributed by atoms with Gasteiger partial charge in [0.1, 0.15) is 0 Å². The average Bonchev–Trinajstić information content (AvgIpc) is 2.49. The van der Waals surface area contributed by atoms with E-state index in [4.69, 9.17) is 16.2 Å². The summed E-state index contributed by atoms with van der Waals surface area (Å²) < 4.78 is 4.74. The van der Waals surface area contributed by atoms with Gasteiger partial charge >= 0.3 is 5.97 Å². The number of esters is 1. The largest absolute Gasteiger partial charge is 0.465 e. The molecular formula is C15H21N3O2. The Bertz CT molecular complexity index is 504. The zero-order chi connectivity index (χ0) is 14.8. The van der Waals surface area contributed by atoms with Crippen molar-refractivity contribution < 1.29 is 9.53 Å². The fourth-order valence-electron chi connectivity index (χ4n) is 1.69. The first-order valence-corrected chi connectivity index (χ1v) is 6.58. The number of hydrogen-bond donors (Lipinski definition) is 3. The summed E-state index contributed by atoms with van der Waals surface area (Å²) in [5.74, 6) is 5.25. The Morgan fingerprint density at radius 1 is 1.35 bits per heavy atom. The maximum absolute atomic E-state index is 11.7. The minimum atomic E-state index is -0.402. The Morgan fingerprint density at radius 2 is 2.15 bits per heavy atom. The third-order valence-corrected chi connectivity index (χ3v) is 2.71. The summed E-state index contributed by atoms with van der Waals surface area (Å²) in [5.41, 5.74) is 12.8. The van der Waals surface area contributed by atoms with Gasteiger partial charge in [-0.3, -0.25) is 0 Å². The molecule has 0 saturated heterocycles. The molecule has 1 aromatic rings. The van der Waals surface area contributed by atoms with E-state index in [1.165, 1.54) is 7.11 Å². The number of rotatable bonds is 6. The van der Waals surface area contributed by atoms with Crippen LogP contribution in [0, 0.1) is 11.8 Å². The number of unbranched alkanes of at least 4 members (excludes halogenated alkanes) is 1. The number of anilines is 1. The molecule has 1 aromatic carbocycles. The van der Waals surface area contributed by atoms with Crippen molar-refractivity contribution in [1.82, 2.24) is 0 Å². The molecule has 5 heteroatoms. The zero-order valence-electron chi connectivity index (χ0n) is 11.7. The number of hydrogen-bond acceptors (Lipinski definition) is 5. The van der Waals surface area contributed by atoms with Crippen LogP contribution in [0.2, 0.25) is 0 Å². The number of nitrogens with one attached hydrogen (secondary N) is 1. The molecule has 0 radical (unpaired) electrons. The molecular weight excluding hydrogens is 254 g/mol. The molecule has 20 heavy (non-hydrogen) atoms. The van der Waals surface area contributed by atoms with Crippen LogP contribution in [0.15, 0.2) is 18.2 Å². The smallest absolute Gasteiger partial charge is 0.339 e. The number of carbonyl (C=O) groups excluding carboxylic acids is 1. The third kappa shape index (κ3) is 4.92. The minimum absolute atomic E-state index is 0.245. The Kier molecular flexibility index (Phi) is 7.18. The number of carbonyl (C=O) groups is 1. The monoisotopic (exact) mass is 275 g/mol. The molecule has 0 aliphatic rings. The van der Waals surface area contributed by atoms with E-state index < -0.39 is 5.97 Å². The second-order valence-electron chi connectivity index (χ2n) is 4.18. The van der Waals surface area contributed by atoms with Crippen molar-refractivity contribution in [1.29, 1.82) is 0 Å². The lowest BCUT2D eigenvalue weighted by Gasteiger charge is -2.09. The van der Waals surface area contributed by atoms with Gasteiger partial charge in [-0.2, -0.15) is 0 Å². The molecule has 0 heterocycles. The van der Waals surface area contributed by atoms with Gasteiger partial charge in [-0.15, -0.1) is 0 Å². The molecule has 0 aliphatic heterocycles. The molecule has 0 unspecified atom stereocenters. The van der Waals surface area contributed by atoms with E-state index in [-0.39, 0.29) is 6.54 Å². The normalized spacial score (nSPS) is 9.55. The number of ether oxygens (including phenoxy) is 1. The Morgan fingerprint density at radius 3 is 2.80 bits per heavy atom. The van der Waals surface area contributed by atoms with Crippen molar-refractivity contribution in [2.45, 2.75) is 12.8 Å². The predicted molar refractivity (Wildman–Crippen MR) is 80.5 cm³/mol. The molecule has 0 fully saturated rings. The van der Waals surface area contributed by atoms with E-state index in [0.717, 1.165) is 25.1 Å². The van der Waals surface area contributed by atoms with Gasteiger partial charge in [-0.1, -0.05) is 11.8 Å². The quantitative estimate of drug-likeness (QED) is 0.408. The van der Waals surface area contributed by atoms with Gasteiger partial charge in [-0.05, 0) is 37.6 Å². The third-order valence-electron chi connectivity index (χ3n) is 2.71. The first kappa shape index (κ1) is 16.0. The Labute approximate surface area is 119 Å². The van der Waals surface area contributed by atoms with E-state index in [2.05, 4.69) is 17.2 Å². The summed E-state index contributed by atoms with van der Waals surface area (Å²) in [6.45, 7) is 1.77. The van der Waals surface area contributed by atoms with Crippen LogP contribution in [0.1, 0.15) is 28.8 Å². The fourth-order valence-corrected chi connectivity index (χ4v) is 1.69. The maximum Gasteiger partial charge on any atom is 0.339 e. The van der Waals surface area contributed by atoms with Gasteiger partial charge in [0.05, 0.1) is 19.2 Å². The van der Waals surface area contributed by atoms with E-state index in [1.54, 1.807) is 6.07 Å². The molecule has 5 nitrogen and oxygen atoms in total.